The molecule has 0 radical (unpaired) electrons. The van der Waals surface area contributed by atoms with Crippen molar-refractivity contribution in [3.63, 3.8) is 0 Å². The molecule has 94 valence electrons. The van der Waals surface area contributed by atoms with Gasteiger partial charge in [-0.15, -0.1) is 0 Å². The molecule has 1 aliphatic rings. The molecule has 0 spiro atoms. The second kappa shape index (κ2) is 4.96. The molecule has 1 aromatic carbocycles. The first-order valence-corrected chi connectivity index (χ1v) is 6.59. The summed E-state index contributed by atoms with van der Waals surface area (Å²) in [6, 6.07) is 5.72. The van der Waals surface area contributed by atoms with E-state index in [9.17, 15) is 0 Å². The molecule has 17 heavy (non-hydrogen) atoms. The summed E-state index contributed by atoms with van der Waals surface area (Å²) in [6.45, 7) is 2.87. The lowest BCUT2D eigenvalue weighted by atomic mass is 9.88. The van der Waals surface area contributed by atoms with Gasteiger partial charge in [0, 0.05) is 16.6 Å². The lowest BCUT2D eigenvalue weighted by Crippen LogP contribution is -2.37. The van der Waals surface area contributed by atoms with Crippen molar-refractivity contribution in [3.8, 4) is 5.75 Å². The van der Waals surface area contributed by atoms with E-state index in [1.807, 2.05) is 18.2 Å². The van der Waals surface area contributed by atoms with E-state index in [1.165, 1.54) is 0 Å². The van der Waals surface area contributed by atoms with Crippen molar-refractivity contribution in [2.45, 2.75) is 31.4 Å². The number of hydrogen-bond acceptors (Lipinski definition) is 3. The monoisotopic (exact) mass is 299 g/mol. The molecule has 0 saturated carbocycles. The van der Waals surface area contributed by atoms with Crippen LogP contribution in [-0.4, -0.2) is 19.3 Å². The number of methoxy groups -OCH3 is 1. The smallest absolute Gasteiger partial charge is 0.123 e. The summed E-state index contributed by atoms with van der Waals surface area (Å²) in [5, 5.41) is 0. The third-order valence-corrected chi connectivity index (χ3v) is 3.93. The lowest BCUT2D eigenvalue weighted by Gasteiger charge is -2.31. The van der Waals surface area contributed by atoms with Crippen LogP contribution in [0.15, 0.2) is 22.7 Å². The van der Waals surface area contributed by atoms with Gasteiger partial charge in [0.25, 0.3) is 0 Å². The Labute approximate surface area is 110 Å². The summed E-state index contributed by atoms with van der Waals surface area (Å²) in [5.41, 5.74) is 7.06. The van der Waals surface area contributed by atoms with E-state index in [4.69, 9.17) is 15.2 Å². The molecule has 2 rings (SSSR count). The van der Waals surface area contributed by atoms with Gasteiger partial charge in [-0.3, -0.25) is 0 Å². The summed E-state index contributed by atoms with van der Waals surface area (Å²) in [4.78, 5) is 0. The van der Waals surface area contributed by atoms with Gasteiger partial charge < -0.3 is 15.2 Å². The molecule has 1 fully saturated rings. The van der Waals surface area contributed by atoms with Gasteiger partial charge in [0.15, 0.2) is 0 Å². The fraction of sp³-hybridized carbons (Fsp3) is 0.538. The topological polar surface area (TPSA) is 44.5 Å². The van der Waals surface area contributed by atoms with Gasteiger partial charge in [-0.1, -0.05) is 15.9 Å². The number of benzene rings is 1. The number of halogens is 1. The lowest BCUT2D eigenvalue weighted by molar-refractivity contribution is -0.00227. The molecule has 0 amide bonds. The van der Waals surface area contributed by atoms with Gasteiger partial charge in [0.05, 0.1) is 18.8 Å². The Bertz CT molecular complexity index is 402. The molecule has 2 unspecified atom stereocenters. The molecule has 2 N–H and O–H groups in total. The Hall–Kier alpha value is -0.580. The average molecular weight is 300 g/mol. The van der Waals surface area contributed by atoms with Crippen molar-refractivity contribution in [3.05, 3.63) is 28.2 Å². The van der Waals surface area contributed by atoms with Crippen LogP contribution in [0, 0.1) is 0 Å². The summed E-state index contributed by atoms with van der Waals surface area (Å²) in [7, 11) is 1.66. The second-order valence-corrected chi connectivity index (χ2v) is 5.54. The Morgan fingerprint density at radius 2 is 2.29 bits per heavy atom. The number of nitrogens with two attached hydrogens (primary N) is 1. The molecule has 0 aromatic heterocycles. The van der Waals surface area contributed by atoms with Crippen LogP contribution in [0.4, 0.5) is 0 Å². The molecule has 1 saturated heterocycles. The van der Waals surface area contributed by atoms with Crippen molar-refractivity contribution < 1.29 is 9.47 Å². The molecule has 1 aliphatic heterocycles. The van der Waals surface area contributed by atoms with Gasteiger partial charge in [0.1, 0.15) is 5.75 Å². The number of ether oxygens (including phenoxy) is 2. The van der Waals surface area contributed by atoms with Gasteiger partial charge in [-0.25, -0.2) is 0 Å². The van der Waals surface area contributed by atoms with Crippen LogP contribution in [0.3, 0.4) is 0 Å². The van der Waals surface area contributed by atoms with Crippen LogP contribution >= 0.6 is 15.9 Å². The SMILES string of the molecule is COc1ccc(Br)cc1C(N)C1(C)CCCO1. The van der Waals surface area contributed by atoms with Gasteiger partial charge >= 0.3 is 0 Å². The zero-order valence-electron chi connectivity index (χ0n) is 10.2. The first-order valence-electron chi connectivity index (χ1n) is 5.80. The fourth-order valence-electron chi connectivity index (χ4n) is 2.32. The van der Waals surface area contributed by atoms with Gasteiger partial charge in [-0.2, -0.15) is 0 Å². The van der Waals surface area contributed by atoms with E-state index >= 15 is 0 Å². The number of rotatable bonds is 3. The summed E-state index contributed by atoms with van der Waals surface area (Å²) < 4.78 is 12.2. The Balaban J connectivity index is 2.35. The average Bonchev–Trinajstić information content (AvgIpc) is 2.76. The van der Waals surface area contributed by atoms with Crippen LogP contribution in [0.2, 0.25) is 0 Å². The predicted molar refractivity (Wildman–Crippen MR) is 71.2 cm³/mol. The largest absolute Gasteiger partial charge is 0.496 e. The normalized spacial score (nSPS) is 25.9. The van der Waals surface area contributed by atoms with Crippen molar-refractivity contribution in [2.75, 3.05) is 13.7 Å². The standard InChI is InChI=1S/C13H18BrNO2/c1-13(6-3-7-17-13)12(15)10-8-9(14)4-5-11(10)16-2/h4-5,8,12H,3,6-7,15H2,1-2H3. The van der Waals surface area contributed by atoms with E-state index < -0.39 is 0 Å². The minimum absolute atomic E-state index is 0.169. The third-order valence-electron chi connectivity index (χ3n) is 3.43. The van der Waals surface area contributed by atoms with Gasteiger partial charge in [-0.05, 0) is 38.0 Å². The van der Waals surface area contributed by atoms with E-state index in [2.05, 4.69) is 22.9 Å². The minimum atomic E-state index is -0.284. The highest BCUT2D eigenvalue weighted by atomic mass is 79.9. The zero-order chi connectivity index (χ0) is 12.5. The predicted octanol–water partition coefficient (Wildman–Crippen LogP) is 3.03. The maximum Gasteiger partial charge on any atom is 0.123 e. The fourth-order valence-corrected chi connectivity index (χ4v) is 2.70. The molecule has 1 heterocycles. The van der Waals surface area contributed by atoms with Gasteiger partial charge in [0.2, 0.25) is 0 Å². The molecule has 2 atom stereocenters. The Morgan fingerprint density at radius 3 is 2.88 bits per heavy atom. The second-order valence-electron chi connectivity index (χ2n) is 4.63. The van der Waals surface area contributed by atoms with Crippen LogP contribution in [-0.2, 0) is 4.74 Å². The number of hydrogen-bond donors (Lipinski definition) is 1. The van der Waals surface area contributed by atoms with Crippen LogP contribution in [0.1, 0.15) is 31.4 Å². The molecule has 0 aliphatic carbocycles. The van der Waals surface area contributed by atoms with Crippen LogP contribution in [0.5, 0.6) is 5.75 Å². The highest BCUT2D eigenvalue weighted by Crippen LogP contribution is 2.39. The van der Waals surface area contributed by atoms with Crippen molar-refractivity contribution >= 4 is 15.9 Å². The van der Waals surface area contributed by atoms with E-state index in [-0.39, 0.29) is 11.6 Å². The van der Waals surface area contributed by atoms with E-state index in [0.29, 0.717) is 0 Å². The molecule has 4 heteroatoms. The van der Waals surface area contributed by atoms with Crippen LogP contribution in [0.25, 0.3) is 0 Å². The summed E-state index contributed by atoms with van der Waals surface area (Å²) in [5.74, 6) is 0.817. The highest BCUT2D eigenvalue weighted by molar-refractivity contribution is 9.10. The minimum Gasteiger partial charge on any atom is -0.496 e. The molecule has 3 nitrogen and oxygen atoms in total. The quantitative estimate of drug-likeness (QED) is 0.933. The van der Waals surface area contributed by atoms with Crippen molar-refractivity contribution in [2.24, 2.45) is 5.73 Å². The Kier molecular flexibility index (Phi) is 3.76. The summed E-state index contributed by atoms with van der Waals surface area (Å²) in [6.07, 6.45) is 2.06. The van der Waals surface area contributed by atoms with Crippen LogP contribution < -0.4 is 10.5 Å². The first kappa shape index (κ1) is 12.9. The Morgan fingerprint density at radius 1 is 1.53 bits per heavy atom. The third kappa shape index (κ3) is 2.49. The first-order chi connectivity index (χ1) is 8.07. The maximum absolute atomic E-state index is 6.35. The maximum atomic E-state index is 6.35. The molecule has 1 aromatic rings. The molecular weight excluding hydrogens is 282 g/mol. The zero-order valence-corrected chi connectivity index (χ0v) is 11.8. The van der Waals surface area contributed by atoms with Crippen molar-refractivity contribution in [1.29, 1.82) is 0 Å². The van der Waals surface area contributed by atoms with E-state index in [1.54, 1.807) is 7.11 Å². The molecule has 0 bridgehead atoms. The van der Waals surface area contributed by atoms with Crippen molar-refractivity contribution in [1.82, 2.24) is 0 Å². The van der Waals surface area contributed by atoms with E-state index in [0.717, 1.165) is 35.2 Å². The summed E-state index contributed by atoms with van der Waals surface area (Å²) >= 11 is 3.47. The highest BCUT2D eigenvalue weighted by Gasteiger charge is 2.38. The molecular formula is C13H18BrNO2.